The molecule has 7 atom stereocenters. The Morgan fingerprint density at radius 2 is 1.85 bits per heavy atom. The molecule has 1 aromatic heterocycles. The minimum Gasteiger partial charge on any atom is -0.508 e. The van der Waals surface area contributed by atoms with Gasteiger partial charge in [-0.2, -0.15) is 0 Å². The summed E-state index contributed by atoms with van der Waals surface area (Å²) in [4.78, 5) is 3.06. The van der Waals surface area contributed by atoms with Crippen LogP contribution in [0.15, 0.2) is 54.9 Å². The molecule has 2 aliphatic carbocycles. The lowest BCUT2D eigenvalue weighted by atomic mass is 9.71. The van der Waals surface area contributed by atoms with Gasteiger partial charge in [0.1, 0.15) is 5.75 Å². The smallest absolute Gasteiger partial charge is 0.200 e. The number of nitrogens with one attached hydrogen (secondary N) is 1. The number of phenolic OH excluding ortho intramolecular Hbond substituents is 3. The van der Waals surface area contributed by atoms with Crippen LogP contribution in [0.4, 0.5) is 0 Å². The number of hydrogen-bond donors (Lipinski definition) is 5. The topological polar surface area (TPSA) is 115 Å². The van der Waals surface area contributed by atoms with Crippen LogP contribution >= 0.6 is 0 Å². The van der Waals surface area contributed by atoms with Gasteiger partial charge in [0.25, 0.3) is 0 Å². The summed E-state index contributed by atoms with van der Waals surface area (Å²) in [5.41, 5.74) is 4.68. The molecule has 0 unspecified atom stereocenters. The van der Waals surface area contributed by atoms with Crippen molar-refractivity contribution in [3.63, 3.8) is 0 Å². The highest BCUT2D eigenvalue weighted by molar-refractivity contribution is 5.59. The number of fused-ring (bicyclic) bond motifs is 1. The fourth-order valence-electron chi connectivity index (χ4n) is 7.41. The molecule has 3 aromatic rings. The van der Waals surface area contributed by atoms with E-state index in [1.807, 2.05) is 30.6 Å². The highest BCUT2D eigenvalue weighted by Crippen LogP contribution is 2.50. The molecule has 2 heterocycles. The average Bonchev–Trinajstić information content (AvgIpc) is 3.48. The van der Waals surface area contributed by atoms with Crippen molar-refractivity contribution in [2.24, 2.45) is 11.8 Å². The lowest BCUT2D eigenvalue weighted by Gasteiger charge is -2.45. The normalized spacial score (nSPS) is 29.7. The summed E-state index contributed by atoms with van der Waals surface area (Å²) in [5, 5.41) is 43.2. The summed E-state index contributed by atoms with van der Waals surface area (Å²) in [6.07, 6.45) is 12.6. The van der Waals surface area contributed by atoms with Crippen LogP contribution in [-0.4, -0.2) is 44.7 Å². The van der Waals surface area contributed by atoms with Crippen molar-refractivity contribution in [2.45, 2.75) is 82.0 Å². The van der Waals surface area contributed by atoms with Gasteiger partial charge in [-0.25, -0.2) is 0 Å². The zero-order valence-corrected chi connectivity index (χ0v) is 23.8. The van der Waals surface area contributed by atoms with Crippen molar-refractivity contribution in [3.05, 3.63) is 82.7 Å². The highest BCUT2D eigenvalue weighted by atomic mass is 16.5. The number of H-pyrrole nitrogens is 1. The maximum atomic E-state index is 11.3. The van der Waals surface area contributed by atoms with E-state index in [9.17, 15) is 20.4 Å². The Bertz CT molecular complexity index is 1400. The highest BCUT2D eigenvalue weighted by Gasteiger charge is 2.43. The molecule has 41 heavy (non-hydrogen) atoms. The molecule has 1 saturated carbocycles. The van der Waals surface area contributed by atoms with E-state index in [2.05, 4.69) is 30.1 Å². The third-order valence-corrected chi connectivity index (χ3v) is 9.58. The molecule has 5 N–H and O–H groups in total. The number of methoxy groups -OCH3 is 1. The van der Waals surface area contributed by atoms with Crippen LogP contribution in [0.1, 0.15) is 91.2 Å². The van der Waals surface area contributed by atoms with Crippen LogP contribution < -0.4 is 4.74 Å². The molecule has 1 aliphatic heterocycles. The lowest BCUT2D eigenvalue weighted by Crippen LogP contribution is -2.44. The van der Waals surface area contributed by atoms with E-state index in [0.717, 1.165) is 54.4 Å². The zero-order valence-electron chi connectivity index (χ0n) is 23.8. The number of hydrogen-bond acceptors (Lipinski definition) is 6. The van der Waals surface area contributed by atoms with E-state index in [-0.39, 0.29) is 41.1 Å². The second-order valence-electron chi connectivity index (χ2n) is 12.3. The number of aromatic hydroxyl groups is 3. The summed E-state index contributed by atoms with van der Waals surface area (Å²) in [7, 11) is 1.48. The van der Waals surface area contributed by atoms with Crippen molar-refractivity contribution in [3.8, 4) is 23.0 Å². The zero-order chi connectivity index (χ0) is 28.7. The molecule has 2 aromatic carbocycles. The monoisotopic (exact) mass is 559 g/mol. The Balaban J connectivity index is 1.27. The molecule has 7 nitrogen and oxygen atoms in total. The first-order valence-corrected chi connectivity index (χ1v) is 14.9. The van der Waals surface area contributed by atoms with Crippen molar-refractivity contribution in [1.82, 2.24) is 4.98 Å². The second kappa shape index (κ2) is 11.5. The van der Waals surface area contributed by atoms with Crippen LogP contribution in [0.2, 0.25) is 0 Å². The largest absolute Gasteiger partial charge is 0.508 e. The number of phenols is 3. The Morgan fingerprint density at radius 1 is 1.00 bits per heavy atom. The average molecular weight is 560 g/mol. The fourth-order valence-corrected chi connectivity index (χ4v) is 7.41. The van der Waals surface area contributed by atoms with Crippen LogP contribution in [-0.2, 0) is 11.2 Å². The van der Waals surface area contributed by atoms with E-state index in [1.54, 1.807) is 6.07 Å². The van der Waals surface area contributed by atoms with E-state index in [1.165, 1.54) is 12.7 Å². The third-order valence-electron chi connectivity index (χ3n) is 9.58. The molecule has 1 saturated heterocycles. The molecule has 2 fully saturated rings. The minimum absolute atomic E-state index is 0.0435. The van der Waals surface area contributed by atoms with Gasteiger partial charge < -0.3 is 34.9 Å². The van der Waals surface area contributed by atoms with E-state index < -0.39 is 12.2 Å². The molecule has 0 spiro atoms. The van der Waals surface area contributed by atoms with Gasteiger partial charge in [0, 0.05) is 48.2 Å². The minimum atomic E-state index is -0.536. The van der Waals surface area contributed by atoms with Crippen molar-refractivity contribution in [2.75, 3.05) is 7.11 Å². The first-order chi connectivity index (χ1) is 19.8. The quantitative estimate of drug-likeness (QED) is 0.172. The number of ether oxygens (including phenoxy) is 2. The Labute approximate surface area is 241 Å². The van der Waals surface area contributed by atoms with Crippen LogP contribution in [0.3, 0.4) is 0 Å². The fraction of sp³-hybridized carbons (Fsp3) is 0.471. The van der Waals surface area contributed by atoms with Gasteiger partial charge in [-0.1, -0.05) is 31.2 Å². The molecule has 0 amide bonds. The molecule has 0 bridgehead atoms. The van der Waals surface area contributed by atoms with Crippen LogP contribution in [0, 0.1) is 11.8 Å². The van der Waals surface area contributed by atoms with E-state index in [4.69, 9.17) is 9.47 Å². The van der Waals surface area contributed by atoms with Gasteiger partial charge in [-0.3, -0.25) is 0 Å². The molecular weight excluding hydrogens is 518 g/mol. The van der Waals surface area contributed by atoms with E-state index >= 15 is 0 Å². The van der Waals surface area contributed by atoms with Gasteiger partial charge in [0.15, 0.2) is 11.5 Å². The van der Waals surface area contributed by atoms with Crippen LogP contribution in [0.5, 0.6) is 23.0 Å². The number of rotatable bonds is 6. The molecule has 3 aliphatic rings. The Hall–Kier alpha value is -3.42. The number of benzene rings is 2. The molecule has 0 radical (unpaired) electrons. The maximum Gasteiger partial charge on any atom is 0.200 e. The number of allylic oxidation sites excluding steroid dienone is 2. The number of aliphatic hydroxyl groups is 1. The van der Waals surface area contributed by atoms with Gasteiger partial charge in [-0.05, 0) is 78.8 Å². The number of aromatic nitrogens is 1. The summed E-state index contributed by atoms with van der Waals surface area (Å²) < 4.78 is 12.3. The van der Waals surface area contributed by atoms with Gasteiger partial charge in [0.05, 0.1) is 25.4 Å². The lowest BCUT2D eigenvalue weighted by molar-refractivity contribution is -0.154. The van der Waals surface area contributed by atoms with Crippen molar-refractivity contribution < 1.29 is 29.9 Å². The molecule has 218 valence electrons. The summed E-state index contributed by atoms with van der Waals surface area (Å²) >= 11 is 0. The van der Waals surface area contributed by atoms with Crippen LogP contribution in [0.25, 0.3) is 0 Å². The molecular formula is C34H41NO6. The summed E-state index contributed by atoms with van der Waals surface area (Å²) in [5.74, 6) is 1.14. The summed E-state index contributed by atoms with van der Waals surface area (Å²) in [6.45, 7) is 2.26. The SMILES string of the molecule is COc1c(O)c(O)cc([C@@H]2C[C@H](O)[C@@H]3CC[C@H](c4ccc(O)c([C@H]5C=CC[C@@H](C)C5)c4)C[C@@H]3O2)c1Cc1cc[nH]c1. The predicted molar refractivity (Wildman–Crippen MR) is 157 cm³/mol. The van der Waals surface area contributed by atoms with Gasteiger partial charge >= 0.3 is 0 Å². The van der Waals surface area contributed by atoms with Gasteiger partial charge in [0.2, 0.25) is 5.75 Å². The number of aliphatic hydroxyl groups excluding tert-OH is 1. The Morgan fingerprint density at radius 3 is 2.61 bits per heavy atom. The predicted octanol–water partition coefficient (Wildman–Crippen LogP) is 6.58. The first kappa shape index (κ1) is 27.7. The molecule has 6 rings (SSSR count). The third kappa shape index (κ3) is 5.45. The second-order valence-corrected chi connectivity index (χ2v) is 12.3. The van der Waals surface area contributed by atoms with E-state index in [0.29, 0.717) is 24.5 Å². The maximum absolute atomic E-state index is 11.3. The standard InChI is InChI=1S/C34H41NO6/c1-19-4-3-5-23(12-19)25-14-21(7-9-28(25)36)22-6-8-24-29(37)17-32(41-31(24)15-22)26-16-30(38)33(39)34(40-2)27(26)13-20-10-11-35-18-20/h3,5,7,9-11,14,16,18-19,22-24,29,31-32,35-39H,4,6,8,12-13,15,17H2,1-2H3/t19-,22+,23+,24+,29+,31+,32+/m1/s1. The van der Waals surface area contributed by atoms with Gasteiger partial charge in [-0.15, -0.1) is 0 Å². The Kier molecular flexibility index (Phi) is 7.75. The first-order valence-electron chi connectivity index (χ1n) is 14.9. The van der Waals surface area contributed by atoms with Crippen molar-refractivity contribution >= 4 is 0 Å². The summed E-state index contributed by atoms with van der Waals surface area (Å²) in [6, 6.07) is 9.57. The van der Waals surface area contributed by atoms with Crippen molar-refractivity contribution in [1.29, 1.82) is 0 Å². The number of aromatic amines is 1. The molecule has 7 heteroatoms.